The molecule has 29 heavy (non-hydrogen) atoms. The van der Waals surface area contributed by atoms with E-state index < -0.39 is 5.97 Å². The van der Waals surface area contributed by atoms with Gasteiger partial charge in [-0.25, -0.2) is 4.79 Å². The van der Waals surface area contributed by atoms with E-state index in [1.807, 2.05) is 67.8 Å². The van der Waals surface area contributed by atoms with Gasteiger partial charge in [0.05, 0.1) is 18.4 Å². The van der Waals surface area contributed by atoms with Gasteiger partial charge >= 0.3 is 5.97 Å². The molecule has 0 fully saturated rings. The lowest BCUT2D eigenvalue weighted by atomic mass is 10.1. The topological polar surface area (TPSA) is 83.3 Å². The van der Waals surface area contributed by atoms with Gasteiger partial charge in [0, 0.05) is 17.0 Å². The van der Waals surface area contributed by atoms with Gasteiger partial charge in [0.1, 0.15) is 5.76 Å². The molecule has 0 N–H and O–H groups in total. The highest BCUT2D eigenvalue weighted by Crippen LogP contribution is 2.21. The molecule has 0 bridgehead atoms. The summed E-state index contributed by atoms with van der Waals surface area (Å²) in [5.74, 6) is 1.12. The fraction of sp³-hybridized carbons (Fsp3) is 0.227. The Morgan fingerprint density at radius 2 is 1.97 bits per heavy atom. The smallest absolute Gasteiger partial charge is 0.340 e. The highest BCUT2D eigenvalue weighted by atomic mass is 16.6. The maximum absolute atomic E-state index is 12.6. The molecule has 1 aromatic carbocycles. The van der Waals surface area contributed by atoms with Crippen LogP contribution in [0.4, 0.5) is 0 Å². The molecular formula is C22H21N3O4. The molecule has 4 aromatic rings. The number of hydrogen-bond donors (Lipinski definition) is 0. The predicted molar refractivity (Wildman–Crippen MR) is 105 cm³/mol. The number of carbonyl (C=O) groups is 1. The van der Waals surface area contributed by atoms with Crippen molar-refractivity contribution in [2.45, 2.75) is 33.9 Å². The number of hydrogen-bond acceptors (Lipinski definition) is 6. The van der Waals surface area contributed by atoms with Gasteiger partial charge in [0.25, 0.3) is 5.89 Å². The SMILES string of the molecule is Cc1ccccc1-c1noc(COC(=O)c2cc(C)n(Cc3ccco3)c2C)n1. The first-order chi connectivity index (χ1) is 14.0. The van der Waals surface area contributed by atoms with Gasteiger partial charge in [-0.3, -0.25) is 0 Å². The van der Waals surface area contributed by atoms with Gasteiger partial charge in [-0.05, 0) is 44.5 Å². The number of aryl methyl sites for hydroxylation is 2. The minimum atomic E-state index is -0.431. The second-order valence-electron chi connectivity index (χ2n) is 6.85. The van der Waals surface area contributed by atoms with Gasteiger partial charge in [0.15, 0.2) is 6.61 Å². The third-order valence-electron chi connectivity index (χ3n) is 4.87. The molecule has 3 aromatic heterocycles. The van der Waals surface area contributed by atoms with Crippen molar-refractivity contribution < 1.29 is 18.5 Å². The molecule has 7 heteroatoms. The molecule has 0 aliphatic rings. The zero-order chi connectivity index (χ0) is 20.4. The number of rotatable bonds is 6. The molecule has 148 valence electrons. The minimum Gasteiger partial charge on any atom is -0.467 e. The van der Waals surface area contributed by atoms with E-state index in [9.17, 15) is 4.79 Å². The van der Waals surface area contributed by atoms with Crippen molar-refractivity contribution in [3.63, 3.8) is 0 Å². The van der Waals surface area contributed by atoms with E-state index in [1.54, 1.807) is 6.26 Å². The summed E-state index contributed by atoms with van der Waals surface area (Å²) in [4.78, 5) is 16.9. The van der Waals surface area contributed by atoms with E-state index >= 15 is 0 Å². The van der Waals surface area contributed by atoms with Crippen molar-refractivity contribution in [2.75, 3.05) is 0 Å². The highest BCUT2D eigenvalue weighted by molar-refractivity contribution is 5.91. The molecule has 0 atom stereocenters. The maximum atomic E-state index is 12.6. The van der Waals surface area contributed by atoms with Crippen LogP contribution in [0.15, 0.2) is 57.7 Å². The summed E-state index contributed by atoms with van der Waals surface area (Å²) >= 11 is 0. The third kappa shape index (κ3) is 3.85. The lowest BCUT2D eigenvalue weighted by Gasteiger charge is -2.07. The fourth-order valence-electron chi connectivity index (χ4n) is 3.26. The Morgan fingerprint density at radius 1 is 1.14 bits per heavy atom. The first kappa shape index (κ1) is 18.7. The highest BCUT2D eigenvalue weighted by Gasteiger charge is 2.19. The van der Waals surface area contributed by atoms with Crippen LogP contribution in [0, 0.1) is 20.8 Å². The average Bonchev–Trinajstić information content (AvgIpc) is 3.44. The van der Waals surface area contributed by atoms with E-state index in [2.05, 4.69) is 10.1 Å². The zero-order valence-corrected chi connectivity index (χ0v) is 16.5. The van der Waals surface area contributed by atoms with E-state index in [0.29, 0.717) is 17.9 Å². The van der Waals surface area contributed by atoms with Crippen molar-refractivity contribution in [2.24, 2.45) is 0 Å². The van der Waals surface area contributed by atoms with Crippen LogP contribution in [0.2, 0.25) is 0 Å². The number of nitrogens with zero attached hydrogens (tertiary/aromatic N) is 3. The predicted octanol–water partition coefficient (Wildman–Crippen LogP) is 4.46. The van der Waals surface area contributed by atoms with E-state index in [0.717, 1.165) is 28.3 Å². The average molecular weight is 391 g/mol. The van der Waals surface area contributed by atoms with Gasteiger partial charge in [-0.2, -0.15) is 4.98 Å². The first-order valence-corrected chi connectivity index (χ1v) is 9.27. The van der Waals surface area contributed by atoms with Gasteiger partial charge in [-0.15, -0.1) is 0 Å². The molecule has 4 rings (SSSR count). The first-order valence-electron chi connectivity index (χ1n) is 9.27. The number of ether oxygens (including phenoxy) is 1. The van der Waals surface area contributed by atoms with Gasteiger partial charge < -0.3 is 18.2 Å². The molecule has 3 heterocycles. The Labute approximate surface area is 167 Å². The van der Waals surface area contributed by atoms with Crippen molar-refractivity contribution in [3.8, 4) is 11.4 Å². The summed E-state index contributed by atoms with van der Waals surface area (Å²) in [6, 6.07) is 13.3. The summed E-state index contributed by atoms with van der Waals surface area (Å²) in [7, 11) is 0. The monoisotopic (exact) mass is 391 g/mol. The summed E-state index contributed by atoms with van der Waals surface area (Å²) in [5.41, 5.74) is 4.20. The molecule has 0 spiro atoms. The van der Waals surface area contributed by atoms with Crippen LogP contribution in [0.3, 0.4) is 0 Å². The van der Waals surface area contributed by atoms with Crippen LogP contribution in [0.1, 0.15) is 39.0 Å². The molecule has 7 nitrogen and oxygen atoms in total. The minimum absolute atomic E-state index is 0.0838. The summed E-state index contributed by atoms with van der Waals surface area (Å²) in [5, 5.41) is 3.98. The Balaban J connectivity index is 1.45. The molecule has 0 amide bonds. The quantitative estimate of drug-likeness (QED) is 0.451. The van der Waals surface area contributed by atoms with Crippen LogP contribution in [-0.4, -0.2) is 20.7 Å². The molecule has 0 aliphatic heterocycles. The number of furan rings is 1. The lowest BCUT2D eigenvalue weighted by molar-refractivity contribution is 0.0429. The number of benzene rings is 1. The summed E-state index contributed by atoms with van der Waals surface area (Å²) in [6.45, 7) is 6.28. The van der Waals surface area contributed by atoms with Crippen molar-refractivity contribution in [3.05, 3.63) is 82.9 Å². The Kier molecular flexibility index (Phi) is 5.03. The Hall–Kier alpha value is -3.61. The van der Waals surface area contributed by atoms with E-state index in [4.69, 9.17) is 13.7 Å². The fourth-order valence-corrected chi connectivity index (χ4v) is 3.26. The van der Waals surface area contributed by atoms with Gasteiger partial charge in [-0.1, -0.05) is 29.4 Å². The van der Waals surface area contributed by atoms with Crippen molar-refractivity contribution >= 4 is 5.97 Å². The van der Waals surface area contributed by atoms with Crippen LogP contribution < -0.4 is 0 Å². The third-order valence-corrected chi connectivity index (χ3v) is 4.87. The maximum Gasteiger partial charge on any atom is 0.340 e. The largest absolute Gasteiger partial charge is 0.467 e. The lowest BCUT2D eigenvalue weighted by Crippen LogP contribution is -2.08. The standard InChI is InChI=1S/C22H21N3O4/c1-14-7-4-5-9-18(14)21-23-20(29-24-21)13-28-22(26)19-11-15(2)25(16(19)3)12-17-8-6-10-27-17/h4-11H,12-13H2,1-3H3. The van der Waals surface area contributed by atoms with E-state index in [1.165, 1.54) is 0 Å². The van der Waals surface area contributed by atoms with Crippen molar-refractivity contribution in [1.82, 2.24) is 14.7 Å². The Morgan fingerprint density at radius 3 is 2.72 bits per heavy atom. The molecule has 0 radical (unpaired) electrons. The van der Waals surface area contributed by atoms with Crippen LogP contribution in [-0.2, 0) is 17.9 Å². The Bertz CT molecular complexity index is 1140. The second kappa shape index (κ2) is 7.79. The summed E-state index contributed by atoms with van der Waals surface area (Å²) < 4.78 is 18.1. The number of esters is 1. The molecule has 0 unspecified atom stereocenters. The second-order valence-corrected chi connectivity index (χ2v) is 6.85. The number of aromatic nitrogens is 3. The van der Waals surface area contributed by atoms with Crippen LogP contribution in [0.25, 0.3) is 11.4 Å². The van der Waals surface area contributed by atoms with Gasteiger partial charge in [0.2, 0.25) is 5.82 Å². The number of carbonyl (C=O) groups excluding carboxylic acids is 1. The molecule has 0 saturated carbocycles. The molecule has 0 aliphatic carbocycles. The molecule has 0 saturated heterocycles. The van der Waals surface area contributed by atoms with Crippen LogP contribution >= 0.6 is 0 Å². The zero-order valence-electron chi connectivity index (χ0n) is 16.5. The normalized spacial score (nSPS) is 11.0. The van der Waals surface area contributed by atoms with E-state index in [-0.39, 0.29) is 12.5 Å². The summed E-state index contributed by atoms with van der Waals surface area (Å²) in [6.07, 6.45) is 1.63. The molecular weight excluding hydrogens is 370 g/mol. The van der Waals surface area contributed by atoms with Crippen LogP contribution in [0.5, 0.6) is 0 Å². The van der Waals surface area contributed by atoms with Crippen molar-refractivity contribution in [1.29, 1.82) is 0 Å².